The third-order valence-electron chi connectivity index (χ3n) is 1.81. The van der Waals surface area contributed by atoms with E-state index in [9.17, 15) is 17.6 Å². The van der Waals surface area contributed by atoms with Crippen molar-refractivity contribution in [2.45, 2.75) is 18.4 Å². The summed E-state index contributed by atoms with van der Waals surface area (Å²) < 4.78 is 35.2. The molecule has 1 rings (SSSR count). The normalized spacial score (nSPS) is 11.2. The van der Waals surface area contributed by atoms with E-state index in [4.69, 9.17) is 10.7 Å². The molecule has 0 radical (unpaired) electrons. The van der Waals surface area contributed by atoms with Gasteiger partial charge in [-0.2, -0.15) is 0 Å². The molecule has 0 aliphatic rings. The Morgan fingerprint density at radius 2 is 2.12 bits per heavy atom. The fraction of sp³-hybridized carbons (Fsp3) is 0.222. The van der Waals surface area contributed by atoms with Gasteiger partial charge < -0.3 is 5.32 Å². The van der Waals surface area contributed by atoms with E-state index in [1.54, 1.807) is 0 Å². The van der Waals surface area contributed by atoms with Crippen LogP contribution in [0, 0.1) is 5.82 Å². The number of rotatable bonds is 3. The van der Waals surface area contributed by atoms with Crippen molar-refractivity contribution in [3.63, 3.8) is 0 Å². The van der Waals surface area contributed by atoms with Crippen molar-refractivity contribution in [1.29, 1.82) is 0 Å². The first kappa shape index (κ1) is 12.9. The average molecular weight is 266 g/mol. The van der Waals surface area contributed by atoms with Crippen LogP contribution in [0.3, 0.4) is 0 Å². The minimum absolute atomic E-state index is 0.0889. The van der Waals surface area contributed by atoms with E-state index < -0.39 is 14.9 Å². The molecule has 0 heterocycles. The summed E-state index contributed by atoms with van der Waals surface area (Å²) in [6, 6.07) is 3.08. The Balaban J connectivity index is 3.14. The highest BCUT2D eigenvalue weighted by Crippen LogP contribution is 2.20. The Morgan fingerprint density at radius 1 is 1.50 bits per heavy atom. The van der Waals surface area contributed by atoms with Crippen LogP contribution in [0.1, 0.15) is 12.5 Å². The molecule has 0 unspecified atom stereocenters. The van der Waals surface area contributed by atoms with E-state index in [1.807, 2.05) is 0 Å². The Hall–Kier alpha value is -1.14. The summed E-state index contributed by atoms with van der Waals surface area (Å²) in [5, 5.41) is 2.37. The predicted octanol–water partition coefficient (Wildman–Crippen LogP) is 1.39. The quantitative estimate of drug-likeness (QED) is 0.840. The van der Waals surface area contributed by atoms with Crippen molar-refractivity contribution >= 4 is 25.6 Å². The molecular weight excluding hydrogens is 257 g/mol. The van der Waals surface area contributed by atoms with E-state index in [1.165, 1.54) is 6.92 Å². The first-order valence-corrected chi connectivity index (χ1v) is 6.59. The fourth-order valence-electron chi connectivity index (χ4n) is 1.14. The Kier molecular flexibility index (Phi) is 3.88. The van der Waals surface area contributed by atoms with Crippen LogP contribution in [0.15, 0.2) is 23.1 Å². The maximum absolute atomic E-state index is 12.9. The van der Waals surface area contributed by atoms with Gasteiger partial charge in [-0.3, -0.25) is 4.79 Å². The number of hydrogen-bond donors (Lipinski definition) is 1. The monoisotopic (exact) mass is 265 g/mol. The zero-order valence-electron chi connectivity index (χ0n) is 8.33. The third-order valence-corrected chi connectivity index (χ3v) is 3.24. The zero-order valence-corrected chi connectivity index (χ0v) is 9.90. The minimum Gasteiger partial charge on any atom is -0.352 e. The highest BCUT2D eigenvalue weighted by Gasteiger charge is 2.16. The second kappa shape index (κ2) is 4.80. The number of amides is 1. The lowest BCUT2D eigenvalue weighted by atomic mass is 10.2. The van der Waals surface area contributed by atoms with Gasteiger partial charge in [-0.1, -0.05) is 0 Å². The minimum atomic E-state index is -3.94. The van der Waals surface area contributed by atoms with Gasteiger partial charge in [0.15, 0.2) is 0 Å². The Labute approximate surface area is 96.8 Å². The molecule has 88 valence electrons. The lowest BCUT2D eigenvalue weighted by Crippen LogP contribution is -2.20. The lowest BCUT2D eigenvalue weighted by molar-refractivity contribution is -0.119. The van der Waals surface area contributed by atoms with Crippen LogP contribution < -0.4 is 5.32 Å². The number of halogens is 2. The van der Waals surface area contributed by atoms with E-state index in [0.29, 0.717) is 0 Å². The second-order valence-corrected chi connectivity index (χ2v) is 5.63. The maximum Gasteiger partial charge on any atom is 0.261 e. The van der Waals surface area contributed by atoms with Crippen molar-refractivity contribution < 1.29 is 17.6 Å². The van der Waals surface area contributed by atoms with Gasteiger partial charge in [0.05, 0.1) is 4.90 Å². The number of hydrogen-bond acceptors (Lipinski definition) is 3. The molecule has 0 aliphatic heterocycles. The number of carbonyl (C=O) groups excluding carboxylic acids is 1. The molecule has 0 saturated carbocycles. The topological polar surface area (TPSA) is 63.2 Å². The van der Waals surface area contributed by atoms with Gasteiger partial charge >= 0.3 is 0 Å². The molecule has 0 aromatic heterocycles. The summed E-state index contributed by atoms with van der Waals surface area (Å²) >= 11 is 0. The van der Waals surface area contributed by atoms with Crippen LogP contribution in [0.4, 0.5) is 4.39 Å². The van der Waals surface area contributed by atoms with Gasteiger partial charge in [0.2, 0.25) is 5.91 Å². The summed E-state index contributed by atoms with van der Waals surface area (Å²) in [6.07, 6.45) is 0. The molecule has 0 fully saturated rings. The van der Waals surface area contributed by atoms with E-state index in [-0.39, 0.29) is 22.9 Å². The van der Waals surface area contributed by atoms with Crippen LogP contribution in [-0.2, 0) is 20.4 Å². The van der Waals surface area contributed by atoms with Crippen molar-refractivity contribution in [2.75, 3.05) is 0 Å². The van der Waals surface area contributed by atoms with Crippen LogP contribution in [-0.4, -0.2) is 14.3 Å². The van der Waals surface area contributed by atoms with Crippen LogP contribution in [0.2, 0.25) is 0 Å². The summed E-state index contributed by atoms with van der Waals surface area (Å²) in [4.78, 5) is 10.5. The number of nitrogens with one attached hydrogen (secondary N) is 1. The molecule has 1 aromatic rings. The molecule has 0 spiro atoms. The number of carbonyl (C=O) groups is 1. The molecule has 16 heavy (non-hydrogen) atoms. The smallest absolute Gasteiger partial charge is 0.261 e. The van der Waals surface area contributed by atoms with Gasteiger partial charge in [-0.05, 0) is 23.8 Å². The largest absolute Gasteiger partial charge is 0.352 e. The molecule has 0 bridgehead atoms. The van der Waals surface area contributed by atoms with Crippen molar-refractivity contribution in [3.8, 4) is 0 Å². The SMILES string of the molecule is CC(=O)NCc1cc(F)ccc1S(=O)(=O)Cl. The highest BCUT2D eigenvalue weighted by molar-refractivity contribution is 8.13. The van der Waals surface area contributed by atoms with Gasteiger partial charge in [-0.15, -0.1) is 0 Å². The van der Waals surface area contributed by atoms with Crippen LogP contribution >= 0.6 is 10.7 Å². The Morgan fingerprint density at radius 3 is 2.62 bits per heavy atom. The molecule has 1 N–H and O–H groups in total. The van der Waals surface area contributed by atoms with E-state index in [2.05, 4.69) is 5.32 Å². The average Bonchev–Trinajstić information content (AvgIpc) is 2.12. The fourth-order valence-corrected chi connectivity index (χ4v) is 2.27. The molecule has 0 saturated heterocycles. The number of benzene rings is 1. The van der Waals surface area contributed by atoms with Crippen molar-refractivity contribution in [1.82, 2.24) is 5.32 Å². The van der Waals surface area contributed by atoms with Crippen molar-refractivity contribution in [2.24, 2.45) is 0 Å². The van der Waals surface area contributed by atoms with Gasteiger partial charge in [0.25, 0.3) is 9.05 Å². The molecule has 1 aromatic carbocycles. The van der Waals surface area contributed by atoms with Crippen LogP contribution in [0.25, 0.3) is 0 Å². The Bertz CT molecular complexity index is 515. The molecule has 1 amide bonds. The molecule has 7 heteroatoms. The summed E-state index contributed by atoms with van der Waals surface area (Å²) in [5.74, 6) is -0.938. The van der Waals surface area contributed by atoms with E-state index >= 15 is 0 Å². The third kappa shape index (κ3) is 3.46. The summed E-state index contributed by atoms with van der Waals surface area (Å²) in [6.45, 7) is 1.18. The molecular formula is C9H9ClFNO3S. The summed E-state index contributed by atoms with van der Waals surface area (Å²) in [5.41, 5.74) is 0.116. The standard InChI is InChI=1S/C9H9ClFNO3S/c1-6(13)12-5-7-4-8(11)2-3-9(7)16(10,14)15/h2-4H,5H2,1H3,(H,12,13). The van der Waals surface area contributed by atoms with Crippen LogP contribution in [0.5, 0.6) is 0 Å². The van der Waals surface area contributed by atoms with Gasteiger partial charge in [0, 0.05) is 24.2 Å². The molecule has 0 aliphatic carbocycles. The van der Waals surface area contributed by atoms with Crippen molar-refractivity contribution in [3.05, 3.63) is 29.6 Å². The lowest BCUT2D eigenvalue weighted by Gasteiger charge is -2.07. The molecule has 4 nitrogen and oxygen atoms in total. The maximum atomic E-state index is 12.9. The highest BCUT2D eigenvalue weighted by atomic mass is 35.7. The van der Waals surface area contributed by atoms with Gasteiger partial charge in [0.1, 0.15) is 5.82 Å². The predicted molar refractivity (Wildman–Crippen MR) is 57.0 cm³/mol. The van der Waals surface area contributed by atoms with Gasteiger partial charge in [-0.25, -0.2) is 12.8 Å². The van der Waals surface area contributed by atoms with E-state index in [0.717, 1.165) is 18.2 Å². The zero-order chi connectivity index (χ0) is 12.3. The summed E-state index contributed by atoms with van der Waals surface area (Å²) in [7, 11) is 1.22. The first-order valence-electron chi connectivity index (χ1n) is 4.28. The molecule has 0 atom stereocenters. The first-order chi connectivity index (χ1) is 7.30. The second-order valence-electron chi connectivity index (χ2n) is 3.10.